The maximum Gasteiger partial charge on any atom is 0.216 e. The molecule has 0 radical (unpaired) electrons. The highest BCUT2D eigenvalue weighted by molar-refractivity contribution is 7.71. The molecule has 0 unspecified atom stereocenters. The highest BCUT2D eigenvalue weighted by atomic mass is 32.1. The van der Waals surface area contributed by atoms with Crippen molar-refractivity contribution in [2.75, 3.05) is 0 Å². The van der Waals surface area contributed by atoms with Crippen molar-refractivity contribution in [2.24, 2.45) is 5.10 Å². The number of H-pyrrole nitrogens is 1. The number of ether oxygens (including phenoxy) is 1. The number of aromatic nitrogens is 4. The number of nitrogens with one attached hydrogen (secondary N) is 1. The third-order valence-corrected chi connectivity index (χ3v) is 4.90. The normalized spacial score (nSPS) is 11.7. The van der Waals surface area contributed by atoms with Crippen LogP contribution in [0.5, 0.6) is 5.75 Å². The maximum atomic E-state index is 5.91. The summed E-state index contributed by atoms with van der Waals surface area (Å²) >= 11 is 5.34. The van der Waals surface area contributed by atoms with Crippen LogP contribution in [0, 0.1) is 32.5 Å². The molecule has 28 heavy (non-hydrogen) atoms. The lowest BCUT2D eigenvalue weighted by molar-refractivity contribution is 0.290. The number of nitrogens with zero attached hydrogens (tertiary/aromatic N) is 4. The maximum absolute atomic E-state index is 5.91. The number of rotatable bonds is 6. The predicted molar refractivity (Wildman–Crippen MR) is 115 cm³/mol. The summed E-state index contributed by atoms with van der Waals surface area (Å²) in [6.45, 7) is 12.9. The average Bonchev–Trinajstić information content (AvgIpc) is 3.09. The number of hydrogen-bond donors (Lipinski definition) is 1. The minimum atomic E-state index is 0.276. The quantitative estimate of drug-likeness (QED) is 0.469. The summed E-state index contributed by atoms with van der Waals surface area (Å²) in [7, 11) is 0. The second-order valence-corrected chi connectivity index (χ2v) is 7.79. The molecule has 0 atom stereocenters. The molecule has 2 aromatic heterocycles. The van der Waals surface area contributed by atoms with Gasteiger partial charge in [-0.05, 0) is 83.1 Å². The second kappa shape index (κ2) is 8.14. The first-order chi connectivity index (χ1) is 13.3. The van der Waals surface area contributed by atoms with Gasteiger partial charge in [-0.15, -0.1) is 0 Å². The van der Waals surface area contributed by atoms with Crippen LogP contribution in [-0.4, -0.2) is 25.7 Å². The van der Waals surface area contributed by atoms with E-state index in [0.717, 1.165) is 22.4 Å². The Labute approximate surface area is 170 Å². The van der Waals surface area contributed by atoms with Crippen molar-refractivity contribution in [3.8, 4) is 5.75 Å². The average molecular weight is 398 g/mol. The van der Waals surface area contributed by atoms with Gasteiger partial charge in [-0.25, -0.2) is 5.10 Å². The van der Waals surface area contributed by atoms with Gasteiger partial charge in [0.05, 0.1) is 6.21 Å². The molecule has 148 valence electrons. The molecule has 0 fully saturated rings. The Hall–Kier alpha value is -2.67. The Balaban J connectivity index is 1.83. The predicted octanol–water partition coefficient (Wildman–Crippen LogP) is 5.02. The van der Waals surface area contributed by atoms with E-state index in [-0.39, 0.29) is 6.61 Å². The highest BCUT2D eigenvalue weighted by Crippen LogP contribution is 2.19. The molecule has 7 heteroatoms. The number of benzene rings is 1. The zero-order valence-corrected chi connectivity index (χ0v) is 18.1. The van der Waals surface area contributed by atoms with Crippen LogP contribution in [0.25, 0.3) is 0 Å². The van der Waals surface area contributed by atoms with Crippen molar-refractivity contribution in [3.63, 3.8) is 0 Å². The van der Waals surface area contributed by atoms with E-state index in [1.54, 1.807) is 4.68 Å². The van der Waals surface area contributed by atoms with Crippen LogP contribution in [0.2, 0.25) is 0 Å². The second-order valence-electron chi connectivity index (χ2n) is 7.40. The summed E-state index contributed by atoms with van der Waals surface area (Å²) in [4.78, 5) is 0. The van der Waals surface area contributed by atoms with Gasteiger partial charge in [-0.2, -0.15) is 14.9 Å². The molecule has 3 rings (SSSR count). The van der Waals surface area contributed by atoms with Gasteiger partial charge in [0.25, 0.3) is 0 Å². The fourth-order valence-corrected chi connectivity index (χ4v) is 3.75. The van der Waals surface area contributed by atoms with E-state index in [1.807, 2.05) is 32.2 Å². The minimum absolute atomic E-state index is 0.276. The molecular formula is C21H27N5OS. The topological polar surface area (TPSA) is 60.1 Å². The summed E-state index contributed by atoms with van der Waals surface area (Å²) < 4.78 is 10.3. The lowest BCUT2D eigenvalue weighted by Crippen LogP contribution is -2.06. The van der Waals surface area contributed by atoms with E-state index >= 15 is 0 Å². The molecule has 0 aliphatic heterocycles. The Kier molecular flexibility index (Phi) is 5.84. The summed E-state index contributed by atoms with van der Waals surface area (Å²) in [5, 5.41) is 11.6. The number of aryl methyl sites for hydroxylation is 3. The molecule has 0 saturated heterocycles. The summed E-state index contributed by atoms with van der Waals surface area (Å²) in [6, 6.07) is 8.65. The van der Waals surface area contributed by atoms with Gasteiger partial charge in [0.1, 0.15) is 12.4 Å². The minimum Gasteiger partial charge on any atom is -0.486 e. The highest BCUT2D eigenvalue weighted by Gasteiger charge is 2.11. The zero-order chi connectivity index (χ0) is 20.4. The van der Waals surface area contributed by atoms with Gasteiger partial charge < -0.3 is 9.30 Å². The van der Waals surface area contributed by atoms with E-state index in [0.29, 0.717) is 16.6 Å². The first-order valence-electron chi connectivity index (χ1n) is 9.36. The van der Waals surface area contributed by atoms with Crippen molar-refractivity contribution in [3.05, 3.63) is 62.9 Å². The van der Waals surface area contributed by atoms with E-state index in [4.69, 9.17) is 17.0 Å². The lowest BCUT2D eigenvalue weighted by Gasteiger charge is -2.13. The molecule has 0 aliphatic rings. The third-order valence-electron chi connectivity index (χ3n) is 4.63. The van der Waals surface area contributed by atoms with E-state index in [9.17, 15) is 0 Å². The largest absolute Gasteiger partial charge is 0.486 e. The summed E-state index contributed by atoms with van der Waals surface area (Å²) in [5.41, 5.74) is 5.78. The molecule has 0 spiro atoms. The molecule has 2 heterocycles. The van der Waals surface area contributed by atoms with Crippen LogP contribution in [0.4, 0.5) is 0 Å². The fraction of sp³-hybridized carbons (Fsp3) is 0.381. The van der Waals surface area contributed by atoms with Crippen LogP contribution < -0.4 is 4.74 Å². The molecule has 0 saturated carbocycles. The van der Waals surface area contributed by atoms with E-state index in [2.05, 4.69) is 59.7 Å². The monoisotopic (exact) mass is 397 g/mol. The van der Waals surface area contributed by atoms with Gasteiger partial charge in [0.2, 0.25) is 4.77 Å². The van der Waals surface area contributed by atoms with Crippen LogP contribution >= 0.6 is 12.2 Å². The third kappa shape index (κ3) is 4.25. The van der Waals surface area contributed by atoms with Crippen LogP contribution in [-0.2, 0) is 6.61 Å². The number of aromatic amines is 1. The molecule has 6 nitrogen and oxygen atoms in total. The SMILES string of the molecule is Cc1cc(C)cc(OCc2n[nH]c(=S)n2/N=C\c2cc(C)n(C(C)C)c2C)c1. The van der Waals surface area contributed by atoms with Crippen LogP contribution in [0.15, 0.2) is 29.4 Å². The zero-order valence-electron chi connectivity index (χ0n) is 17.3. The summed E-state index contributed by atoms with van der Waals surface area (Å²) in [6.07, 6.45) is 1.83. The van der Waals surface area contributed by atoms with Crippen molar-refractivity contribution in [1.82, 2.24) is 19.4 Å². The molecule has 1 N–H and O–H groups in total. The van der Waals surface area contributed by atoms with Gasteiger partial charge in [-0.3, -0.25) is 0 Å². The van der Waals surface area contributed by atoms with E-state index < -0.39 is 0 Å². The van der Waals surface area contributed by atoms with Crippen LogP contribution in [0.3, 0.4) is 0 Å². The van der Waals surface area contributed by atoms with Crippen LogP contribution in [0.1, 0.15) is 53.8 Å². The van der Waals surface area contributed by atoms with Crippen molar-refractivity contribution in [2.45, 2.75) is 54.2 Å². The smallest absolute Gasteiger partial charge is 0.216 e. The molecule has 0 bridgehead atoms. The number of hydrogen-bond acceptors (Lipinski definition) is 4. The van der Waals surface area contributed by atoms with Crippen molar-refractivity contribution in [1.29, 1.82) is 0 Å². The standard InChI is InChI=1S/C21H27N5OS/c1-13(2)25-16(5)10-18(17(25)6)11-22-26-20(23-24-21(26)28)12-27-19-8-14(3)7-15(4)9-19/h7-11,13H,12H2,1-6H3,(H,24,28)/b22-11-. The lowest BCUT2D eigenvalue weighted by atomic mass is 10.1. The van der Waals surface area contributed by atoms with Crippen molar-refractivity contribution >= 4 is 18.4 Å². The van der Waals surface area contributed by atoms with Gasteiger partial charge in [-0.1, -0.05) is 6.07 Å². The molecule has 0 amide bonds. The van der Waals surface area contributed by atoms with Gasteiger partial charge in [0, 0.05) is 23.0 Å². The molecule has 0 aliphatic carbocycles. The van der Waals surface area contributed by atoms with Crippen molar-refractivity contribution < 1.29 is 4.74 Å². The molecular weight excluding hydrogens is 370 g/mol. The fourth-order valence-electron chi connectivity index (χ4n) is 3.55. The molecule has 1 aromatic carbocycles. The Morgan fingerprint density at radius 1 is 1.14 bits per heavy atom. The molecule has 3 aromatic rings. The Morgan fingerprint density at radius 3 is 2.43 bits per heavy atom. The van der Waals surface area contributed by atoms with Gasteiger partial charge >= 0.3 is 0 Å². The first-order valence-corrected chi connectivity index (χ1v) is 9.77. The summed E-state index contributed by atoms with van der Waals surface area (Å²) in [5.74, 6) is 1.43. The first kappa shape index (κ1) is 20.1. The van der Waals surface area contributed by atoms with Gasteiger partial charge in [0.15, 0.2) is 5.82 Å². The van der Waals surface area contributed by atoms with E-state index in [1.165, 1.54) is 11.4 Å². The Bertz CT molecular complexity index is 1050. The Morgan fingerprint density at radius 2 is 1.82 bits per heavy atom.